The number of benzene rings is 6. The summed E-state index contributed by atoms with van der Waals surface area (Å²) in [5.74, 6) is 0. The van der Waals surface area contributed by atoms with Crippen LogP contribution >= 0.6 is 0 Å². The van der Waals surface area contributed by atoms with E-state index >= 15 is 0 Å². The Kier molecular flexibility index (Phi) is 4.55. The van der Waals surface area contributed by atoms with Gasteiger partial charge >= 0.3 is 0 Å². The molecule has 0 radical (unpaired) electrons. The van der Waals surface area contributed by atoms with Crippen molar-refractivity contribution in [2.24, 2.45) is 0 Å². The van der Waals surface area contributed by atoms with E-state index in [1.807, 2.05) is 12.1 Å². The molecule has 0 N–H and O–H groups in total. The Morgan fingerprint density at radius 2 is 0.763 bits per heavy atom. The Labute approximate surface area is 219 Å². The van der Waals surface area contributed by atoms with Crippen LogP contribution in [0.15, 0.2) is 144 Å². The van der Waals surface area contributed by atoms with Crippen LogP contribution in [0.2, 0.25) is 0 Å². The van der Waals surface area contributed by atoms with E-state index in [0.29, 0.717) is 0 Å². The quantitative estimate of drug-likeness (QED) is 0.226. The number of furan rings is 1. The highest BCUT2D eigenvalue weighted by molar-refractivity contribution is 6.19. The molecule has 8 aromatic rings. The van der Waals surface area contributed by atoms with E-state index in [1.54, 1.807) is 0 Å². The van der Waals surface area contributed by atoms with E-state index in [4.69, 9.17) is 4.42 Å². The third-order valence-corrected chi connectivity index (χ3v) is 7.64. The summed E-state index contributed by atoms with van der Waals surface area (Å²) >= 11 is 0. The zero-order chi connectivity index (χ0) is 25.1. The standard InChI is InChI=1S/C36H23NO/c1-3-13-27-25(11-1)26-12-2-4-14-28(26)30-16-6-9-19-34(30)37(33-18-8-5-15-29(27)33)24-21-22-32-31-17-7-10-20-35(31)38-36(32)23-24/h1-23H. The van der Waals surface area contributed by atoms with Gasteiger partial charge in [-0.1, -0.05) is 103 Å². The maximum atomic E-state index is 6.33. The van der Waals surface area contributed by atoms with Crippen LogP contribution in [0.3, 0.4) is 0 Å². The third kappa shape index (κ3) is 3.07. The Hall–Kier alpha value is -5.08. The molecule has 0 saturated heterocycles. The van der Waals surface area contributed by atoms with Crippen molar-refractivity contribution in [3.63, 3.8) is 0 Å². The summed E-state index contributed by atoms with van der Waals surface area (Å²) in [6, 6.07) is 49.8. The van der Waals surface area contributed by atoms with Crippen molar-refractivity contribution in [1.29, 1.82) is 0 Å². The fraction of sp³-hybridized carbons (Fsp3) is 0. The highest BCUT2D eigenvalue weighted by Gasteiger charge is 2.12. The van der Waals surface area contributed by atoms with E-state index in [9.17, 15) is 0 Å². The molecule has 0 atom stereocenters. The molecule has 2 heterocycles. The molecular formula is C36H23NO. The predicted molar refractivity (Wildman–Crippen MR) is 161 cm³/mol. The first-order valence-corrected chi connectivity index (χ1v) is 13.0. The fourth-order valence-electron chi connectivity index (χ4n) is 5.96. The molecule has 8 rings (SSSR count). The average molecular weight is 486 g/mol. The van der Waals surface area contributed by atoms with Crippen molar-refractivity contribution in [2.75, 3.05) is 0 Å². The molecule has 0 aliphatic rings. The van der Waals surface area contributed by atoms with Gasteiger partial charge in [-0.15, -0.1) is 0 Å². The third-order valence-electron chi connectivity index (χ3n) is 7.64. The fourth-order valence-corrected chi connectivity index (χ4v) is 5.96. The number of fused-ring (bicyclic) bond motifs is 10. The van der Waals surface area contributed by atoms with Crippen LogP contribution in [0.4, 0.5) is 0 Å². The van der Waals surface area contributed by atoms with E-state index in [0.717, 1.165) is 38.7 Å². The normalized spacial score (nSPS) is 11.7. The minimum atomic E-state index is 0.888. The highest BCUT2D eigenvalue weighted by atomic mass is 16.3. The summed E-state index contributed by atoms with van der Waals surface area (Å²) in [6.45, 7) is 0. The number of aromatic nitrogens is 1. The second kappa shape index (κ2) is 8.22. The molecule has 0 saturated carbocycles. The topological polar surface area (TPSA) is 18.1 Å². The van der Waals surface area contributed by atoms with E-state index in [1.165, 1.54) is 32.3 Å². The SMILES string of the molecule is c1ccc2c(c1)oc1cc(-n3c4ccccc4c4ccccc4c4ccccc4c4ccccc43)ccc12. The summed E-state index contributed by atoms with van der Waals surface area (Å²) in [4.78, 5) is 0. The van der Waals surface area contributed by atoms with Crippen molar-refractivity contribution in [1.82, 2.24) is 4.57 Å². The van der Waals surface area contributed by atoms with Gasteiger partial charge in [0.2, 0.25) is 0 Å². The number of nitrogens with zero attached hydrogens (tertiary/aromatic N) is 1. The van der Waals surface area contributed by atoms with Gasteiger partial charge in [-0.2, -0.15) is 0 Å². The number of rotatable bonds is 1. The Balaban J connectivity index is 1.66. The Morgan fingerprint density at radius 1 is 0.342 bits per heavy atom. The number of hydrogen-bond donors (Lipinski definition) is 0. The zero-order valence-corrected chi connectivity index (χ0v) is 20.6. The summed E-state index contributed by atoms with van der Waals surface area (Å²) < 4.78 is 8.71. The van der Waals surface area contributed by atoms with Gasteiger partial charge in [-0.05, 0) is 51.9 Å². The average Bonchev–Trinajstić information content (AvgIpc) is 3.37. The summed E-state index contributed by atoms with van der Waals surface area (Å²) in [5, 5.41) is 9.57. The van der Waals surface area contributed by atoms with Crippen molar-refractivity contribution in [3.05, 3.63) is 140 Å². The van der Waals surface area contributed by atoms with Crippen LogP contribution in [0, 0.1) is 0 Å². The maximum absolute atomic E-state index is 6.33. The smallest absolute Gasteiger partial charge is 0.137 e. The molecule has 0 aliphatic heterocycles. The molecule has 0 spiro atoms. The van der Waals surface area contributed by atoms with Gasteiger partial charge in [-0.25, -0.2) is 0 Å². The number of para-hydroxylation sites is 3. The molecule has 6 aromatic carbocycles. The van der Waals surface area contributed by atoms with E-state index in [2.05, 4.69) is 132 Å². The molecular weight excluding hydrogens is 462 g/mol. The lowest BCUT2D eigenvalue weighted by Crippen LogP contribution is -1.97. The molecule has 0 bridgehead atoms. The van der Waals surface area contributed by atoms with Gasteiger partial charge in [0.15, 0.2) is 0 Å². The number of hydrogen-bond acceptors (Lipinski definition) is 1. The second-order valence-electron chi connectivity index (χ2n) is 9.74. The van der Waals surface area contributed by atoms with Gasteiger partial charge < -0.3 is 8.98 Å². The van der Waals surface area contributed by atoms with Crippen LogP contribution in [0.5, 0.6) is 0 Å². The minimum absolute atomic E-state index is 0.888. The minimum Gasteiger partial charge on any atom is -0.456 e. The molecule has 0 unspecified atom stereocenters. The van der Waals surface area contributed by atoms with Gasteiger partial charge in [0, 0.05) is 33.3 Å². The first-order valence-electron chi connectivity index (χ1n) is 13.0. The monoisotopic (exact) mass is 485 g/mol. The largest absolute Gasteiger partial charge is 0.456 e. The van der Waals surface area contributed by atoms with E-state index in [-0.39, 0.29) is 0 Å². The van der Waals surface area contributed by atoms with Crippen molar-refractivity contribution in [2.45, 2.75) is 0 Å². The van der Waals surface area contributed by atoms with Crippen LogP contribution < -0.4 is 0 Å². The lowest BCUT2D eigenvalue weighted by molar-refractivity contribution is 0.668. The molecule has 38 heavy (non-hydrogen) atoms. The molecule has 0 amide bonds. The van der Waals surface area contributed by atoms with E-state index < -0.39 is 0 Å². The maximum Gasteiger partial charge on any atom is 0.137 e. The van der Waals surface area contributed by atoms with Gasteiger partial charge in [0.25, 0.3) is 0 Å². The molecule has 0 fully saturated rings. The molecule has 2 heteroatoms. The zero-order valence-electron chi connectivity index (χ0n) is 20.6. The Morgan fingerprint density at radius 3 is 1.34 bits per heavy atom. The van der Waals surface area contributed by atoms with Crippen molar-refractivity contribution >= 4 is 65.3 Å². The van der Waals surface area contributed by atoms with Crippen LogP contribution in [-0.4, -0.2) is 4.57 Å². The van der Waals surface area contributed by atoms with Crippen LogP contribution in [0.1, 0.15) is 0 Å². The first-order chi connectivity index (χ1) is 18.9. The van der Waals surface area contributed by atoms with Gasteiger partial charge in [0.05, 0.1) is 11.0 Å². The summed E-state index contributed by atoms with van der Waals surface area (Å²) in [6.07, 6.45) is 0. The second-order valence-corrected chi connectivity index (χ2v) is 9.74. The summed E-state index contributed by atoms with van der Waals surface area (Å²) in [7, 11) is 0. The van der Waals surface area contributed by atoms with Gasteiger partial charge in [-0.3, -0.25) is 0 Å². The predicted octanol–water partition coefficient (Wildman–Crippen LogP) is 10.1. The Bertz CT molecular complexity index is 2140. The molecule has 178 valence electrons. The lowest BCUT2D eigenvalue weighted by Gasteiger charge is -2.13. The van der Waals surface area contributed by atoms with Crippen LogP contribution in [-0.2, 0) is 0 Å². The highest BCUT2D eigenvalue weighted by Crippen LogP contribution is 2.35. The van der Waals surface area contributed by atoms with Crippen molar-refractivity contribution in [3.8, 4) is 5.69 Å². The lowest BCUT2D eigenvalue weighted by atomic mass is 10.0. The summed E-state index contributed by atoms with van der Waals surface area (Å²) in [5.41, 5.74) is 5.13. The first kappa shape index (κ1) is 21.0. The molecule has 2 aromatic heterocycles. The van der Waals surface area contributed by atoms with Crippen molar-refractivity contribution < 1.29 is 4.42 Å². The van der Waals surface area contributed by atoms with Gasteiger partial charge in [0.1, 0.15) is 11.2 Å². The molecule has 2 nitrogen and oxygen atoms in total. The molecule has 0 aliphatic carbocycles. The van der Waals surface area contributed by atoms with Crippen LogP contribution in [0.25, 0.3) is 71.0 Å².